The van der Waals surface area contributed by atoms with E-state index < -0.39 is 11.9 Å². The van der Waals surface area contributed by atoms with Gasteiger partial charge in [-0.25, -0.2) is 0 Å². The Morgan fingerprint density at radius 1 is 1.43 bits per heavy atom. The van der Waals surface area contributed by atoms with Gasteiger partial charge in [-0.3, -0.25) is 5.10 Å². The molecular weight excluding hydrogens is 195 g/mol. The van der Waals surface area contributed by atoms with Crippen molar-refractivity contribution in [2.75, 3.05) is 13.1 Å². The summed E-state index contributed by atoms with van der Waals surface area (Å²) in [4.78, 5) is 0. The zero-order valence-electron chi connectivity index (χ0n) is 7.36. The SMILES string of the molecule is FC(F)(F)c1cc(CC2CNC2)[nH]n1. The summed E-state index contributed by atoms with van der Waals surface area (Å²) in [6, 6.07) is 1.08. The molecule has 0 radical (unpaired) electrons. The van der Waals surface area contributed by atoms with Gasteiger partial charge in [0.15, 0.2) is 5.69 Å². The molecule has 1 saturated heterocycles. The fourth-order valence-electron chi connectivity index (χ4n) is 1.42. The van der Waals surface area contributed by atoms with Crippen molar-refractivity contribution in [2.45, 2.75) is 12.6 Å². The first-order valence-electron chi connectivity index (χ1n) is 4.38. The summed E-state index contributed by atoms with van der Waals surface area (Å²) in [5.41, 5.74) is -0.274. The van der Waals surface area contributed by atoms with E-state index in [1.165, 1.54) is 0 Å². The van der Waals surface area contributed by atoms with Gasteiger partial charge in [-0.15, -0.1) is 0 Å². The molecular formula is C8H10F3N3. The van der Waals surface area contributed by atoms with E-state index >= 15 is 0 Å². The predicted octanol–water partition coefficient (Wildman–Crippen LogP) is 1.19. The molecule has 0 aromatic carbocycles. The van der Waals surface area contributed by atoms with E-state index in [9.17, 15) is 13.2 Å². The first kappa shape index (κ1) is 9.51. The molecule has 0 aliphatic carbocycles. The molecule has 2 rings (SSSR count). The van der Waals surface area contributed by atoms with Gasteiger partial charge in [-0.1, -0.05) is 0 Å². The van der Waals surface area contributed by atoms with Crippen LogP contribution in [0.2, 0.25) is 0 Å². The summed E-state index contributed by atoms with van der Waals surface area (Å²) in [5, 5.41) is 8.70. The molecule has 0 saturated carbocycles. The maximum absolute atomic E-state index is 12.1. The van der Waals surface area contributed by atoms with E-state index in [1.54, 1.807) is 0 Å². The van der Waals surface area contributed by atoms with Crippen molar-refractivity contribution >= 4 is 0 Å². The molecule has 3 nitrogen and oxygen atoms in total. The minimum atomic E-state index is -4.34. The molecule has 1 fully saturated rings. The highest BCUT2D eigenvalue weighted by Crippen LogP contribution is 2.28. The lowest BCUT2D eigenvalue weighted by Crippen LogP contribution is -2.43. The standard InChI is InChI=1S/C8H10F3N3/c9-8(10,11)7-2-6(13-14-7)1-5-3-12-4-5/h2,5,12H,1,3-4H2,(H,13,14). The fourth-order valence-corrected chi connectivity index (χ4v) is 1.42. The quantitative estimate of drug-likeness (QED) is 0.761. The maximum Gasteiger partial charge on any atom is 0.435 e. The van der Waals surface area contributed by atoms with Gasteiger partial charge in [0.25, 0.3) is 0 Å². The van der Waals surface area contributed by atoms with Crippen LogP contribution in [0.15, 0.2) is 6.07 Å². The Hall–Kier alpha value is -1.04. The van der Waals surface area contributed by atoms with E-state index in [4.69, 9.17) is 0 Å². The van der Waals surface area contributed by atoms with Crippen LogP contribution < -0.4 is 5.32 Å². The van der Waals surface area contributed by atoms with Crippen LogP contribution in [0, 0.1) is 5.92 Å². The lowest BCUT2D eigenvalue weighted by molar-refractivity contribution is -0.141. The Balaban J connectivity index is 2.02. The summed E-state index contributed by atoms with van der Waals surface area (Å²) in [6.45, 7) is 1.75. The number of alkyl halides is 3. The van der Waals surface area contributed by atoms with Crippen molar-refractivity contribution in [3.05, 3.63) is 17.5 Å². The van der Waals surface area contributed by atoms with Gasteiger partial charge in [0.1, 0.15) is 0 Å². The summed E-state index contributed by atoms with van der Waals surface area (Å²) >= 11 is 0. The number of H-pyrrole nitrogens is 1. The highest BCUT2D eigenvalue weighted by molar-refractivity contribution is 5.12. The van der Waals surface area contributed by atoms with Crippen LogP contribution in [-0.4, -0.2) is 23.3 Å². The van der Waals surface area contributed by atoms with Crippen LogP contribution in [0.25, 0.3) is 0 Å². The topological polar surface area (TPSA) is 40.7 Å². The number of aromatic nitrogens is 2. The van der Waals surface area contributed by atoms with Crippen molar-refractivity contribution < 1.29 is 13.2 Å². The Morgan fingerprint density at radius 3 is 2.57 bits per heavy atom. The molecule has 0 unspecified atom stereocenters. The molecule has 2 N–H and O–H groups in total. The van der Waals surface area contributed by atoms with Crippen LogP contribution in [0.4, 0.5) is 13.2 Å². The predicted molar refractivity (Wildman–Crippen MR) is 43.7 cm³/mol. The smallest absolute Gasteiger partial charge is 0.316 e. The number of halogens is 3. The Labute approximate surface area is 78.7 Å². The lowest BCUT2D eigenvalue weighted by Gasteiger charge is -2.26. The molecule has 14 heavy (non-hydrogen) atoms. The summed E-state index contributed by atoms with van der Waals surface area (Å²) in [7, 11) is 0. The summed E-state index contributed by atoms with van der Waals surface area (Å²) in [6.07, 6.45) is -3.71. The molecule has 0 amide bonds. The lowest BCUT2D eigenvalue weighted by atomic mass is 9.97. The number of nitrogens with zero attached hydrogens (tertiary/aromatic N) is 1. The van der Waals surface area contributed by atoms with E-state index in [2.05, 4.69) is 15.5 Å². The van der Waals surface area contributed by atoms with Crippen molar-refractivity contribution in [3.63, 3.8) is 0 Å². The van der Waals surface area contributed by atoms with Crippen molar-refractivity contribution in [1.82, 2.24) is 15.5 Å². The number of hydrogen-bond donors (Lipinski definition) is 2. The molecule has 1 aromatic rings. The first-order chi connectivity index (χ1) is 6.55. The van der Waals surface area contributed by atoms with Gasteiger partial charge in [-0.05, 0) is 31.5 Å². The van der Waals surface area contributed by atoms with Crippen LogP contribution in [0.1, 0.15) is 11.4 Å². The van der Waals surface area contributed by atoms with Crippen molar-refractivity contribution in [1.29, 1.82) is 0 Å². The highest BCUT2D eigenvalue weighted by Gasteiger charge is 2.34. The van der Waals surface area contributed by atoms with E-state index in [1.807, 2.05) is 0 Å². The van der Waals surface area contributed by atoms with Gasteiger partial charge in [0.05, 0.1) is 0 Å². The van der Waals surface area contributed by atoms with Gasteiger partial charge in [0, 0.05) is 5.69 Å². The van der Waals surface area contributed by atoms with E-state index in [0.717, 1.165) is 19.2 Å². The second-order valence-corrected chi connectivity index (χ2v) is 3.50. The van der Waals surface area contributed by atoms with Gasteiger partial charge in [0.2, 0.25) is 0 Å². The maximum atomic E-state index is 12.1. The fraction of sp³-hybridized carbons (Fsp3) is 0.625. The largest absolute Gasteiger partial charge is 0.435 e. The highest BCUT2D eigenvalue weighted by atomic mass is 19.4. The van der Waals surface area contributed by atoms with Crippen LogP contribution in [-0.2, 0) is 12.6 Å². The summed E-state index contributed by atoms with van der Waals surface area (Å²) in [5.74, 6) is 0.441. The third kappa shape index (κ3) is 1.89. The molecule has 2 heterocycles. The first-order valence-corrected chi connectivity index (χ1v) is 4.38. The van der Waals surface area contributed by atoms with E-state index in [-0.39, 0.29) is 0 Å². The average molecular weight is 205 g/mol. The van der Waals surface area contributed by atoms with E-state index in [0.29, 0.717) is 18.0 Å². The third-order valence-corrected chi connectivity index (χ3v) is 2.30. The minimum absolute atomic E-state index is 0.441. The molecule has 1 aliphatic rings. The molecule has 1 aliphatic heterocycles. The number of hydrogen-bond acceptors (Lipinski definition) is 2. The zero-order valence-corrected chi connectivity index (χ0v) is 7.36. The number of aromatic amines is 1. The Morgan fingerprint density at radius 2 is 2.14 bits per heavy atom. The van der Waals surface area contributed by atoms with Gasteiger partial charge < -0.3 is 5.32 Å². The number of nitrogens with one attached hydrogen (secondary N) is 2. The third-order valence-electron chi connectivity index (χ3n) is 2.30. The molecule has 78 valence electrons. The van der Waals surface area contributed by atoms with Gasteiger partial charge in [-0.2, -0.15) is 18.3 Å². The minimum Gasteiger partial charge on any atom is -0.316 e. The second kappa shape index (κ2) is 3.27. The second-order valence-electron chi connectivity index (χ2n) is 3.50. The van der Waals surface area contributed by atoms with Crippen LogP contribution >= 0.6 is 0 Å². The zero-order chi connectivity index (χ0) is 10.2. The normalized spacial score (nSPS) is 18.2. The average Bonchev–Trinajstić information content (AvgIpc) is 2.43. The van der Waals surface area contributed by atoms with Crippen LogP contribution in [0.3, 0.4) is 0 Å². The monoisotopic (exact) mass is 205 g/mol. The molecule has 6 heteroatoms. The molecule has 0 bridgehead atoms. The Kier molecular flexibility index (Phi) is 2.22. The van der Waals surface area contributed by atoms with Crippen LogP contribution in [0.5, 0.6) is 0 Å². The Bertz CT molecular complexity index is 314. The number of rotatable bonds is 2. The summed E-state index contributed by atoms with van der Waals surface area (Å²) < 4.78 is 36.4. The van der Waals surface area contributed by atoms with Crippen molar-refractivity contribution in [2.24, 2.45) is 5.92 Å². The molecule has 0 atom stereocenters. The molecule has 1 aromatic heterocycles. The van der Waals surface area contributed by atoms with Gasteiger partial charge >= 0.3 is 6.18 Å². The van der Waals surface area contributed by atoms with Crippen molar-refractivity contribution in [3.8, 4) is 0 Å². The molecule has 0 spiro atoms.